The Balaban J connectivity index is 2.42. The number of carbonyl (C=O) groups is 2. The maximum atomic E-state index is 12.5. The van der Waals surface area contributed by atoms with Crippen molar-refractivity contribution in [2.75, 3.05) is 13.2 Å². The van der Waals surface area contributed by atoms with E-state index >= 15 is 0 Å². The zero-order valence-corrected chi connectivity index (χ0v) is 16.5. The predicted molar refractivity (Wildman–Crippen MR) is 103 cm³/mol. The van der Waals surface area contributed by atoms with Gasteiger partial charge in [-0.3, -0.25) is 0 Å². The first kappa shape index (κ1) is 22.3. The van der Waals surface area contributed by atoms with Crippen LogP contribution >= 0.6 is 0 Å². The summed E-state index contributed by atoms with van der Waals surface area (Å²) in [6.45, 7) is 4.34. The van der Waals surface area contributed by atoms with Crippen LogP contribution in [0.4, 0.5) is 4.79 Å². The Morgan fingerprint density at radius 1 is 1.04 bits per heavy atom. The highest BCUT2D eigenvalue weighted by atomic mass is 16.6. The largest absolute Gasteiger partial charge is 0.464 e. The number of rotatable bonds is 11. The second kappa shape index (κ2) is 14.5. The van der Waals surface area contributed by atoms with Crippen LogP contribution in [0.2, 0.25) is 0 Å². The number of nitrogens with one attached hydrogen (secondary N) is 1. The summed E-state index contributed by atoms with van der Waals surface area (Å²) in [5.41, 5.74) is 0. The Morgan fingerprint density at radius 3 is 2.42 bits per heavy atom. The Bertz CT molecular complexity index is 460. The molecular weight excluding hydrogens is 330 g/mol. The van der Waals surface area contributed by atoms with Gasteiger partial charge >= 0.3 is 12.1 Å². The number of carbonyl (C=O) groups excluding carboxylic acids is 2. The van der Waals surface area contributed by atoms with Crippen molar-refractivity contribution in [3.63, 3.8) is 0 Å². The summed E-state index contributed by atoms with van der Waals surface area (Å²) in [7, 11) is 0. The van der Waals surface area contributed by atoms with Crippen molar-refractivity contribution in [2.45, 2.75) is 90.5 Å². The minimum atomic E-state index is -0.613. The molecule has 0 heterocycles. The van der Waals surface area contributed by atoms with Crippen molar-refractivity contribution in [1.29, 1.82) is 0 Å². The average molecular weight is 366 g/mol. The number of hydrogen-bond donors (Lipinski definition) is 1. The Labute approximate surface area is 158 Å². The summed E-state index contributed by atoms with van der Waals surface area (Å²) >= 11 is 0. The molecule has 0 aromatic heterocycles. The normalized spacial score (nSPS) is 15.5. The minimum absolute atomic E-state index is 0.0343. The summed E-state index contributed by atoms with van der Waals surface area (Å²) in [5, 5.41) is 2.71. The molecule has 26 heavy (non-hydrogen) atoms. The van der Waals surface area contributed by atoms with Crippen molar-refractivity contribution in [3.05, 3.63) is 0 Å². The van der Waals surface area contributed by atoms with Crippen LogP contribution in [0.25, 0.3) is 0 Å². The first-order valence-corrected chi connectivity index (χ1v) is 10.2. The van der Waals surface area contributed by atoms with Gasteiger partial charge in [0.25, 0.3) is 0 Å². The smallest absolute Gasteiger partial charge is 0.408 e. The number of esters is 1. The number of alkyl carbamates (subject to hydrolysis) is 1. The van der Waals surface area contributed by atoms with Crippen LogP contribution in [-0.4, -0.2) is 31.3 Å². The van der Waals surface area contributed by atoms with E-state index in [2.05, 4.69) is 24.1 Å². The highest BCUT2D eigenvalue weighted by Gasteiger charge is 2.32. The van der Waals surface area contributed by atoms with Crippen LogP contribution in [0.5, 0.6) is 0 Å². The van der Waals surface area contributed by atoms with Crippen molar-refractivity contribution in [1.82, 2.24) is 5.32 Å². The summed E-state index contributed by atoms with van der Waals surface area (Å²) in [6, 6.07) is -0.613. The summed E-state index contributed by atoms with van der Waals surface area (Å²) in [4.78, 5) is 24.5. The Kier molecular flexibility index (Phi) is 12.4. The lowest BCUT2D eigenvalue weighted by atomic mass is 9.84. The molecule has 5 nitrogen and oxygen atoms in total. The van der Waals surface area contributed by atoms with Gasteiger partial charge in [0.15, 0.2) is 6.61 Å². The van der Waals surface area contributed by atoms with Gasteiger partial charge in [-0.1, -0.05) is 64.2 Å². The molecule has 1 aliphatic carbocycles. The fourth-order valence-electron chi connectivity index (χ4n) is 3.32. The lowest BCUT2D eigenvalue weighted by molar-refractivity contribution is -0.148. The van der Waals surface area contributed by atoms with E-state index in [0.29, 0.717) is 6.61 Å². The fourth-order valence-corrected chi connectivity index (χ4v) is 3.32. The lowest BCUT2D eigenvalue weighted by Crippen LogP contribution is -2.47. The number of hydrogen-bond acceptors (Lipinski definition) is 4. The molecule has 1 amide bonds. The van der Waals surface area contributed by atoms with Crippen LogP contribution < -0.4 is 5.32 Å². The van der Waals surface area contributed by atoms with E-state index in [1.807, 2.05) is 0 Å². The van der Waals surface area contributed by atoms with Gasteiger partial charge in [0.05, 0.1) is 6.61 Å². The third-order valence-electron chi connectivity index (χ3n) is 4.84. The zero-order valence-electron chi connectivity index (χ0n) is 16.5. The molecule has 1 unspecified atom stereocenters. The quantitative estimate of drug-likeness (QED) is 0.330. The molecule has 5 heteroatoms. The SMILES string of the molecule is CC#CCOC(=O)NC(C(=O)OCCCCCCCC)C1CCCCC1. The third kappa shape index (κ3) is 9.70. The number of unbranched alkanes of at least 4 members (excludes halogenated alkanes) is 5. The lowest BCUT2D eigenvalue weighted by Gasteiger charge is -2.29. The Morgan fingerprint density at radius 2 is 1.73 bits per heavy atom. The second-order valence-corrected chi connectivity index (χ2v) is 6.96. The van der Waals surface area contributed by atoms with Gasteiger partial charge in [-0.15, -0.1) is 5.92 Å². The molecule has 1 aliphatic rings. The molecule has 0 radical (unpaired) electrons. The van der Waals surface area contributed by atoms with E-state index < -0.39 is 12.1 Å². The van der Waals surface area contributed by atoms with Gasteiger partial charge in [0, 0.05) is 0 Å². The summed E-state index contributed by atoms with van der Waals surface area (Å²) < 4.78 is 10.5. The number of amides is 1. The standard InChI is InChI=1S/C21H35NO4/c1-3-5-7-8-9-13-17-25-20(23)19(18-14-11-10-12-15-18)22-21(24)26-16-6-4-2/h18-19H,3,5,7-17H2,1-2H3,(H,22,24). The van der Waals surface area contributed by atoms with E-state index in [1.165, 1.54) is 32.1 Å². The van der Waals surface area contributed by atoms with Crippen molar-refractivity contribution >= 4 is 12.1 Å². The van der Waals surface area contributed by atoms with Crippen LogP contribution in [0.3, 0.4) is 0 Å². The molecular formula is C21H35NO4. The van der Waals surface area contributed by atoms with E-state index in [4.69, 9.17) is 9.47 Å². The van der Waals surface area contributed by atoms with Crippen molar-refractivity contribution in [3.8, 4) is 11.8 Å². The van der Waals surface area contributed by atoms with Gasteiger partial charge in [0.2, 0.25) is 0 Å². The van der Waals surface area contributed by atoms with Crippen molar-refractivity contribution < 1.29 is 19.1 Å². The molecule has 148 valence electrons. The summed E-state index contributed by atoms with van der Waals surface area (Å²) in [5.74, 6) is 5.14. The first-order valence-electron chi connectivity index (χ1n) is 10.2. The summed E-state index contributed by atoms with van der Waals surface area (Å²) in [6.07, 6.45) is 11.5. The molecule has 0 aromatic rings. The maximum Gasteiger partial charge on any atom is 0.408 e. The topological polar surface area (TPSA) is 64.6 Å². The van der Waals surface area contributed by atoms with Crippen LogP contribution in [-0.2, 0) is 14.3 Å². The average Bonchev–Trinajstić information content (AvgIpc) is 2.66. The van der Waals surface area contributed by atoms with Gasteiger partial charge in [-0.25, -0.2) is 9.59 Å². The van der Waals surface area contributed by atoms with Crippen molar-refractivity contribution in [2.24, 2.45) is 5.92 Å². The molecule has 1 atom stereocenters. The van der Waals surface area contributed by atoms with Gasteiger partial charge in [-0.05, 0) is 32.1 Å². The molecule has 0 spiro atoms. The predicted octanol–water partition coefficient (Wildman–Crippen LogP) is 4.59. The minimum Gasteiger partial charge on any atom is -0.464 e. The molecule has 1 rings (SSSR count). The second-order valence-electron chi connectivity index (χ2n) is 6.96. The van der Waals surface area contributed by atoms with Gasteiger partial charge < -0.3 is 14.8 Å². The highest BCUT2D eigenvalue weighted by molar-refractivity contribution is 5.81. The molecule has 0 aromatic carbocycles. The molecule has 1 N–H and O–H groups in total. The zero-order chi connectivity index (χ0) is 19.0. The fraction of sp³-hybridized carbons (Fsp3) is 0.810. The van der Waals surface area contributed by atoms with E-state index in [1.54, 1.807) is 6.92 Å². The first-order chi connectivity index (χ1) is 12.7. The van der Waals surface area contributed by atoms with E-state index in [0.717, 1.165) is 38.5 Å². The van der Waals surface area contributed by atoms with Gasteiger partial charge in [-0.2, -0.15) is 0 Å². The third-order valence-corrected chi connectivity index (χ3v) is 4.84. The Hall–Kier alpha value is -1.70. The van der Waals surface area contributed by atoms with Crippen LogP contribution in [0.1, 0.15) is 84.5 Å². The molecule has 0 bridgehead atoms. The molecule has 1 saturated carbocycles. The molecule has 0 saturated heterocycles. The molecule has 0 aliphatic heterocycles. The molecule has 1 fully saturated rings. The maximum absolute atomic E-state index is 12.5. The van der Waals surface area contributed by atoms with Crippen LogP contribution in [0.15, 0.2) is 0 Å². The number of ether oxygens (including phenoxy) is 2. The monoisotopic (exact) mass is 365 g/mol. The van der Waals surface area contributed by atoms with E-state index in [-0.39, 0.29) is 18.5 Å². The van der Waals surface area contributed by atoms with Gasteiger partial charge in [0.1, 0.15) is 6.04 Å². The highest BCUT2D eigenvalue weighted by Crippen LogP contribution is 2.27. The van der Waals surface area contributed by atoms with E-state index in [9.17, 15) is 9.59 Å². The van der Waals surface area contributed by atoms with Crippen LogP contribution in [0, 0.1) is 17.8 Å².